The number of nitrogens with one attached hydrogen (secondary N) is 3. The van der Waals surface area contributed by atoms with Crippen molar-refractivity contribution in [3.05, 3.63) is 48.0 Å². The van der Waals surface area contributed by atoms with E-state index in [0.717, 1.165) is 5.56 Å². The van der Waals surface area contributed by atoms with Crippen LogP contribution in [0.5, 0.6) is 0 Å². The fourth-order valence-corrected chi connectivity index (χ4v) is 6.60. The summed E-state index contributed by atoms with van der Waals surface area (Å²) in [6.45, 7) is 10.8. The van der Waals surface area contributed by atoms with Crippen LogP contribution in [0.4, 0.5) is 0 Å². The Labute approximate surface area is 261 Å². The minimum atomic E-state index is -0.821. The fraction of sp³-hybridized carbons (Fsp3) is 0.647. The number of hydrogen-bond donors (Lipinski definition) is 3. The van der Waals surface area contributed by atoms with Gasteiger partial charge in [-0.05, 0) is 65.4 Å². The summed E-state index contributed by atoms with van der Waals surface area (Å²) < 4.78 is 11.7. The summed E-state index contributed by atoms with van der Waals surface area (Å²) in [5.74, 6) is -0.839. The number of hydrogen-bond acceptors (Lipinski definition) is 6. The molecule has 0 aliphatic carbocycles. The highest BCUT2D eigenvalue weighted by atomic mass is 16.5. The minimum absolute atomic E-state index is 0.0390. The summed E-state index contributed by atoms with van der Waals surface area (Å²) in [6, 6.07) is 7.99. The van der Waals surface area contributed by atoms with Crippen molar-refractivity contribution in [1.82, 2.24) is 20.9 Å². The van der Waals surface area contributed by atoms with Crippen LogP contribution in [-0.4, -0.2) is 84.7 Å². The SMILES string of the molecule is CC(=O)N[C@H](C(=O)N1CC[C@@H]2NC(=O)[C@H](Cc3ccccc3)NC(=O)C3(C/C=C/C[C@@H]2C1)CCOCC3)[C@@H](C)OC(C)(C)C. The molecule has 1 aromatic carbocycles. The van der Waals surface area contributed by atoms with E-state index in [0.29, 0.717) is 64.8 Å². The first-order valence-electron chi connectivity index (χ1n) is 16.0. The molecule has 0 aromatic heterocycles. The molecule has 3 aliphatic heterocycles. The lowest BCUT2D eigenvalue weighted by molar-refractivity contribution is -0.146. The maximum Gasteiger partial charge on any atom is 0.247 e. The number of amides is 4. The molecule has 0 radical (unpaired) electrons. The van der Waals surface area contributed by atoms with E-state index < -0.39 is 29.2 Å². The molecule has 10 heteroatoms. The number of rotatable bonds is 6. The van der Waals surface area contributed by atoms with Crippen LogP contribution in [0.3, 0.4) is 0 Å². The van der Waals surface area contributed by atoms with Gasteiger partial charge in [-0.25, -0.2) is 0 Å². The molecule has 3 N–H and O–H groups in total. The largest absolute Gasteiger partial charge is 0.381 e. The Hall–Kier alpha value is -3.24. The third-order valence-electron chi connectivity index (χ3n) is 8.96. The average Bonchev–Trinajstić information content (AvgIpc) is 2.97. The molecular formula is C34H50N4O6. The monoisotopic (exact) mass is 610 g/mol. The first-order valence-corrected chi connectivity index (χ1v) is 16.0. The fourth-order valence-electron chi connectivity index (χ4n) is 6.60. The van der Waals surface area contributed by atoms with Crippen molar-refractivity contribution in [3.63, 3.8) is 0 Å². The highest BCUT2D eigenvalue weighted by Crippen LogP contribution is 2.36. The number of carbonyl (C=O) groups is 4. The molecule has 0 saturated carbocycles. The number of fused-ring (bicyclic) bond motifs is 1. The number of allylic oxidation sites excluding steroid dienone is 2. The van der Waals surface area contributed by atoms with Gasteiger partial charge in [-0.3, -0.25) is 19.2 Å². The summed E-state index contributed by atoms with van der Waals surface area (Å²) in [6.07, 6.45) is 6.97. The second-order valence-corrected chi connectivity index (χ2v) is 13.6. The molecule has 2 fully saturated rings. The van der Waals surface area contributed by atoms with Crippen molar-refractivity contribution in [3.8, 4) is 0 Å². The predicted octanol–water partition coefficient (Wildman–Crippen LogP) is 2.90. The zero-order valence-electron chi connectivity index (χ0n) is 26.9. The topological polar surface area (TPSA) is 126 Å². The summed E-state index contributed by atoms with van der Waals surface area (Å²) in [4.78, 5) is 55.3. The highest BCUT2D eigenvalue weighted by molar-refractivity contribution is 5.91. The van der Waals surface area contributed by atoms with Crippen molar-refractivity contribution in [2.45, 2.75) is 103 Å². The first-order chi connectivity index (χ1) is 20.9. The van der Waals surface area contributed by atoms with E-state index in [1.807, 2.05) is 58.0 Å². The van der Waals surface area contributed by atoms with Crippen LogP contribution in [0.1, 0.15) is 72.3 Å². The van der Waals surface area contributed by atoms with Gasteiger partial charge in [0, 0.05) is 51.6 Å². The lowest BCUT2D eigenvalue weighted by Gasteiger charge is -2.42. The van der Waals surface area contributed by atoms with Crippen LogP contribution < -0.4 is 16.0 Å². The number of piperidine rings is 1. The van der Waals surface area contributed by atoms with E-state index in [-0.39, 0.29) is 35.6 Å². The van der Waals surface area contributed by atoms with Gasteiger partial charge in [0.2, 0.25) is 23.6 Å². The zero-order chi connectivity index (χ0) is 31.9. The molecule has 5 atom stereocenters. The molecule has 0 bridgehead atoms. The number of likely N-dealkylation sites (tertiary alicyclic amines) is 1. The molecule has 10 nitrogen and oxygen atoms in total. The second-order valence-electron chi connectivity index (χ2n) is 13.6. The first kappa shape index (κ1) is 33.6. The maximum absolute atomic E-state index is 13.9. The van der Waals surface area contributed by atoms with Crippen molar-refractivity contribution in [2.24, 2.45) is 11.3 Å². The van der Waals surface area contributed by atoms with Gasteiger partial charge in [-0.2, -0.15) is 0 Å². The lowest BCUT2D eigenvalue weighted by atomic mass is 9.75. The normalized spacial score (nSPS) is 26.6. The maximum atomic E-state index is 13.9. The molecule has 3 heterocycles. The lowest BCUT2D eigenvalue weighted by Crippen LogP contribution is -2.61. The molecule has 2 saturated heterocycles. The second kappa shape index (κ2) is 14.7. The Kier molecular flexibility index (Phi) is 11.2. The quantitative estimate of drug-likeness (QED) is 0.426. The van der Waals surface area contributed by atoms with E-state index >= 15 is 0 Å². The molecule has 0 unspecified atom stereocenters. The number of ether oxygens (including phenoxy) is 2. The Morgan fingerprint density at radius 3 is 2.48 bits per heavy atom. The molecule has 3 aliphatic rings. The summed E-state index contributed by atoms with van der Waals surface area (Å²) in [5, 5.41) is 9.18. The van der Waals surface area contributed by atoms with Crippen molar-refractivity contribution in [2.75, 3.05) is 26.3 Å². The predicted molar refractivity (Wildman–Crippen MR) is 167 cm³/mol. The van der Waals surface area contributed by atoms with Crippen LogP contribution >= 0.6 is 0 Å². The Morgan fingerprint density at radius 1 is 1.11 bits per heavy atom. The van der Waals surface area contributed by atoms with Gasteiger partial charge in [0.05, 0.1) is 17.1 Å². The van der Waals surface area contributed by atoms with E-state index in [2.05, 4.69) is 28.1 Å². The molecular weight excluding hydrogens is 560 g/mol. The van der Waals surface area contributed by atoms with Gasteiger partial charge in [0.15, 0.2) is 0 Å². The van der Waals surface area contributed by atoms with Gasteiger partial charge in [0.25, 0.3) is 0 Å². The van der Waals surface area contributed by atoms with E-state index in [9.17, 15) is 19.2 Å². The Morgan fingerprint density at radius 2 is 1.82 bits per heavy atom. The molecule has 4 amide bonds. The molecule has 1 aromatic rings. The summed E-state index contributed by atoms with van der Waals surface area (Å²) >= 11 is 0. The van der Waals surface area contributed by atoms with Crippen molar-refractivity contribution in [1.29, 1.82) is 0 Å². The van der Waals surface area contributed by atoms with Gasteiger partial charge in [-0.15, -0.1) is 0 Å². The van der Waals surface area contributed by atoms with E-state index in [1.165, 1.54) is 6.92 Å². The smallest absolute Gasteiger partial charge is 0.247 e. The van der Waals surface area contributed by atoms with Crippen LogP contribution in [0.2, 0.25) is 0 Å². The number of nitrogens with zero attached hydrogens (tertiary/aromatic N) is 1. The van der Waals surface area contributed by atoms with Crippen LogP contribution in [-0.2, 0) is 35.1 Å². The Bertz CT molecular complexity index is 1190. The van der Waals surface area contributed by atoms with Gasteiger partial charge < -0.3 is 30.3 Å². The summed E-state index contributed by atoms with van der Waals surface area (Å²) in [7, 11) is 0. The molecule has 1 spiro atoms. The van der Waals surface area contributed by atoms with Crippen molar-refractivity contribution >= 4 is 23.6 Å². The van der Waals surface area contributed by atoms with Gasteiger partial charge in [0.1, 0.15) is 12.1 Å². The number of carbonyl (C=O) groups excluding carboxylic acids is 4. The van der Waals surface area contributed by atoms with Crippen LogP contribution in [0.15, 0.2) is 42.5 Å². The summed E-state index contributed by atoms with van der Waals surface area (Å²) in [5.41, 5.74) is -0.153. The molecule has 242 valence electrons. The standard InChI is InChI=1S/C34H50N4O6/c1-23(44-33(3,4)5)29(35-24(2)39)31(41)38-18-14-27-26(22-38)13-9-10-15-34(16-19-43-20-17-34)32(42)37-28(30(40)36-27)21-25-11-7-6-8-12-25/h6-12,23,26-29H,13-22H2,1-5H3,(H,35,39)(H,36,40)(H,37,42)/b10-9+/t23-,26-,27+,28+,29+/m1/s1. The molecule has 4 rings (SSSR count). The van der Waals surface area contributed by atoms with E-state index in [1.54, 1.807) is 4.90 Å². The average molecular weight is 611 g/mol. The van der Waals surface area contributed by atoms with Crippen LogP contribution in [0, 0.1) is 11.3 Å². The zero-order valence-corrected chi connectivity index (χ0v) is 26.9. The Balaban J connectivity index is 1.57. The molecule has 44 heavy (non-hydrogen) atoms. The van der Waals surface area contributed by atoms with E-state index in [4.69, 9.17) is 9.47 Å². The van der Waals surface area contributed by atoms with Gasteiger partial charge >= 0.3 is 0 Å². The third kappa shape index (κ3) is 8.91. The van der Waals surface area contributed by atoms with Gasteiger partial charge in [-0.1, -0.05) is 42.5 Å². The van der Waals surface area contributed by atoms with Crippen LogP contribution in [0.25, 0.3) is 0 Å². The highest BCUT2D eigenvalue weighted by Gasteiger charge is 2.42. The minimum Gasteiger partial charge on any atom is -0.381 e. The third-order valence-corrected chi connectivity index (χ3v) is 8.96. The number of benzene rings is 1. The van der Waals surface area contributed by atoms with Crippen molar-refractivity contribution < 1.29 is 28.7 Å².